The van der Waals surface area contributed by atoms with E-state index in [9.17, 15) is 4.79 Å². The van der Waals surface area contributed by atoms with Crippen LogP contribution in [0.4, 0.5) is 0 Å². The summed E-state index contributed by atoms with van der Waals surface area (Å²) in [5.74, 6) is 0.0761. The van der Waals surface area contributed by atoms with E-state index in [0.717, 1.165) is 42.8 Å². The van der Waals surface area contributed by atoms with Gasteiger partial charge in [0.25, 0.3) is 0 Å². The van der Waals surface area contributed by atoms with Gasteiger partial charge in [-0.15, -0.1) is 5.10 Å². The largest absolute Gasteiger partial charge is 0.317 e. The standard InChI is InChI=1S/C20H22N4OS/c25-19(16-10-12-21-13-11-16)22-23-20-24(14-15-6-2-1-3-7-15)17-8-4-5-9-18(17)26-20/h1-9,16,21H,10-14H2,(H,22,25)/b23-20+. The number of benzene rings is 2. The van der Waals surface area contributed by atoms with Gasteiger partial charge in [0.05, 0.1) is 16.8 Å². The molecule has 0 atom stereocenters. The van der Waals surface area contributed by atoms with E-state index in [1.807, 2.05) is 30.3 Å². The van der Waals surface area contributed by atoms with E-state index in [1.54, 1.807) is 11.3 Å². The van der Waals surface area contributed by atoms with Gasteiger partial charge >= 0.3 is 0 Å². The summed E-state index contributed by atoms with van der Waals surface area (Å²) in [7, 11) is 0. The first-order valence-electron chi connectivity index (χ1n) is 8.98. The molecule has 1 saturated heterocycles. The Hall–Kier alpha value is -2.44. The number of para-hydroxylation sites is 1. The third-order valence-corrected chi connectivity index (χ3v) is 5.80. The summed E-state index contributed by atoms with van der Waals surface area (Å²) in [6.45, 7) is 2.52. The molecule has 0 bridgehead atoms. The Balaban J connectivity index is 1.65. The van der Waals surface area contributed by atoms with Crippen molar-refractivity contribution in [3.63, 3.8) is 0 Å². The number of nitrogens with zero attached hydrogens (tertiary/aromatic N) is 2. The molecule has 1 amide bonds. The number of fused-ring (bicyclic) bond motifs is 1. The SMILES string of the molecule is O=C(N/N=c1/sc2ccccc2n1Cc1ccccc1)C1CCNCC1. The highest BCUT2D eigenvalue weighted by atomic mass is 32.1. The molecule has 0 unspecified atom stereocenters. The smallest absolute Gasteiger partial charge is 0.243 e. The third-order valence-electron chi connectivity index (χ3n) is 4.74. The Morgan fingerprint density at radius 2 is 1.85 bits per heavy atom. The summed E-state index contributed by atoms with van der Waals surface area (Å²) >= 11 is 1.60. The van der Waals surface area contributed by atoms with Gasteiger partial charge in [-0.05, 0) is 43.6 Å². The number of piperidine rings is 1. The number of thiazole rings is 1. The summed E-state index contributed by atoms with van der Waals surface area (Å²) in [4.78, 5) is 13.2. The third kappa shape index (κ3) is 3.71. The molecule has 1 fully saturated rings. The van der Waals surface area contributed by atoms with Gasteiger partial charge in [-0.2, -0.15) is 0 Å². The Bertz CT molecular complexity index is 955. The van der Waals surface area contributed by atoms with Crippen LogP contribution in [0.25, 0.3) is 10.2 Å². The molecule has 2 heterocycles. The van der Waals surface area contributed by atoms with Gasteiger partial charge in [-0.1, -0.05) is 53.8 Å². The highest BCUT2D eigenvalue weighted by Crippen LogP contribution is 2.18. The number of carbonyl (C=O) groups excluding carboxylic acids is 1. The normalized spacial score (nSPS) is 16.1. The van der Waals surface area contributed by atoms with E-state index in [2.05, 4.69) is 44.7 Å². The van der Waals surface area contributed by atoms with E-state index < -0.39 is 0 Å². The second kappa shape index (κ2) is 7.85. The summed E-state index contributed by atoms with van der Waals surface area (Å²) in [5, 5.41) is 7.76. The van der Waals surface area contributed by atoms with Crippen LogP contribution in [0.2, 0.25) is 0 Å². The fourth-order valence-corrected chi connectivity index (χ4v) is 4.29. The minimum absolute atomic E-state index is 0.0233. The second-order valence-corrected chi connectivity index (χ2v) is 7.55. The first kappa shape index (κ1) is 17.0. The molecule has 2 aromatic carbocycles. The number of amides is 1. The summed E-state index contributed by atoms with van der Waals surface area (Å²) in [6.07, 6.45) is 1.75. The van der Waals surface area contributed by atoms with Crippen molar-refractivity contribution < 1.29 is 4.79 Å². The molecule has 2 N–H and O–H groups in total. The van der Waals surface area contributed by atoms with Crippen LogP contribution in [0.1, 0.15) is 18.4 Å². The van der Waals surface area contributed by atoms with Crippen molar-refractivity contribution >= 4 is 27.5 Å². The zero-order valence-electron chi connectivity index (χ0n) is 14.5. The molecule has 26 heavy (non-hydrogen) atoms. The molecule has 0 radical (unpaired) electrons. The number of hydrogen-bond acceptors (Lipinski definition) is 4. The van der Waals surface area contributed by atoms with E-state index >= 15 is 0 Å². The quantitative estimate of drug-likeness (QED) is 0.698. The monoisotopic (exact) mass is 366 g/mol. The van der Waals surface area contributed by atoms with Gasteiger partial charge in [0.2, 0.25) is 10.7 Å². The van der Waals surface area contributed by atoms with Gasteiger partial charge in [-0.25, -0.2) is 5.43 Å². The Morgan fingerprint density at radius 1 is 1.12 bits per heavy atom. The fourth-order valence-electron chi connectivity index (χ4n) is 3.30. The average molecular weight is 366 g/mol. The van der Waals surface area contributed by atoms with E-state index in [-0.39, 0.29) is 11.8 Å². The lowest BCUT2D eigenvalue weighted by Crippen LogP contribution is -2.37. The van der Waals surface area contributed by atoms with Crippen molar-refractivity contribution in [3.05, 3.63) is 65.0 Å². The van der Waals surface area contributed by atoms with Gasteiger partial charge in [0.15, 0.2) is 0 Å². The molecule has 1 aliphatic heterocycles. The molecule has 1 aromatic heterocycles. The number of aromatic nitrogens is 1. The minimum atomic E-state index is 0.0233. The summed E-state index contributed by atoms with van der Waals surface area (Å²) < 4.78 is 3.33. The number of nitrogens with one attached hydrogen (secondary N) is 2. The second-order valence-electron chi connectivity index (χ2n) is 6.54. The first-order valence-corrected chi connectivity index (χ1v) is 9.79. The van der Waals surface area contributed by atoms with Gasteiger partial charge in [0.1, 0.15) is 0 Å². The summed E-state index contributed by atoms with van der Waals surface area (Å²) in [6, 6.07) is 18.6. The molecule has 6 heteroatoms. The van der Waals surface area contributed by atoms with Crippen LogP contribution in [0, 0.1) is 5.92 Å². The van der Waals surface area contributed by atoms with Gasteiger partial charge in [-0.3, -0.25) is 4.79 Å². The van der Waals surface area contributed by atoms with E-state index in [4.69, 9.17) is 0 Å². The predicted octanol–water partition coefficient (Wildman–Crippen LogP) is 2.68. The van der Waals surface area contributed by atoms with Crippen LogP contribution >= 0.6 is 11.3 Å². The van der Waals surface area contributed by atoms with Crippen LogP contribution in [0.3, 0.4) is 0 Å². The van der Waals surface area contributed by atoms with Gasteiger partial charge in [0, 0.05) is 5.92 Å². The molecule has 0 aliphatic carbocycles. The zero-order valence-corrected chi connectivity index (χ0v) is 15.3. The molecule has 5 nitrogen and oxygen atoms in total. The lowest BCUT2D eigenvalue weighted by Gasteiger charge is -2.20. The fraction of sp³-hybridized carbons (Fsp3) is 0.300. The van der Waals surface area contributed by atoms with Crippen molar-refractivity contribution in [2.75, 3.05) is 13.1 Å². The highest BCUT2D eigenvalue weighted by molar-refractivity contribution is 7.16. The van der Waals surface area contributed by atoms with Crippen LogP contribution in [0.5, 0.6) is 0 Å². The maximum absolute atomic E-state index is 12.4. The molecule has 0 saturated carbocycles. The molecular formula is C20H22N4OS. The Morgan fingerprint density at radius 3 is 2.65 bits per heavy atom. The van der Waals surface area contributed by atoms with Crippen molar-refractivity contribution in [2.24, 2.45) is 11.0 Å². The van der Waals surface area contributed by atoms with Crippen molar-refractivity contribution in [3.8, 4) is 0 Å². The Kier molecular flexibility index (Phi) is 5.13. The average Bonchev–Trinajstić information content (AvgIpc) is 3.05. The molecule has 134 valence electrons. The lowest BCUT2D eigenvalue weighted by atomic mass is 9.98. The number of hydrogen-bond donors (Lipinski definition) is 2. The van der Waals surface area contributed by atoms with Crippen molar-refractivity contribution in [1.29, 1.82) is 0 Å². The van der Waals surface area contributed by atoms with Crippen LogP contribution < -0.4 is 15.5 Å². The topological polar surface area (TPSA) is 58.4 Å². The Labute approximate surface area is 156 Å². The zero-order chi connectivity index (χ0) is 17.8. The minimum Gasteiger partial charge on any atom is -0.317 e. The molecule has 1 aliphatic rings. The first-order chi connectivity index (χ1) is 12.8. The molecule has 4 rings (SSSR count). The predicted molar refractivity (Wildman–Crippen MR) is 105 cm³/mol. The van der Waals surface area contributed by atoms with Crippen LogP contribution in [-0.4, -0.2) is 23.6 Å². The van der Waals surface area contributed by atoms with Crippen LogP contribution in [0.15, 0.2) is 59.7 Å². The maximum atomic E-state index is 12.4. The lowest BCUT2D eigenvalue weighted by molar-refractivity contribution is -0.125. The van der Waals surface area contributed by atoms with Crippen molar-refractivity contribution in [2.45, 2.75) is 19.4 Å². The maximum Gasteiger partial charge on any atom is 0.243 e. The molecule has 3 aromatic rings. The van der Waals surface area contributed by atoms with Crippen molar-refractivity contribution in [1.82, 2.24) is 15.3 Å². The van der Waals surface area contributed by atoms with E-state index in [0.29, 0.717) is 0 Å². The van der Waals surface area contributed by atoms with E-state index in [1.165, 1.54) is 10.3 Å². The number of carbonyl (C=O) groups is 1. The molecular weight excluding hydrogens is 344 g/mol. The van der Waals surface area contributed by atoms with Gasteiger partial charge < -0.3 is 9.88 Å². The highest BCUT2D eigenvalue weighted by Gasteiger charge is 2.20. The molecule has 0 spiro atoms. The van der Waals surface area contributed by atoms with Crippen LogP contribution in [-0.2, 0) is 11.3 Å². The number of rotatable bonds is 4. The summed E-state index contributed by atoms with van der Waals surface area (Å²) in [5.41, 5.74) is 5.15.